The number of carboxylic acid groups (broad SMARTS) is 1. The summed E-state index contributed by atoms with van der Waals surface area (Å²) in [5.41, 5.74) is -0.626. The average Bonchev–Trinajstić information content (AvgIpc) is 2.52. The first-order chi connectivity index (χ1) is 8.60. The van der Waals surface area contributed by atoms with Gasteiger partial charge in [0, 0.05) is 0 Å². The number of alkyl carbamates (subject to hydrolysis) is 1. The van der Waals surface area contributed by atoms with E-state index in [9.17, 15) is 14.7 Å². The van der Waals surface area contributed by atoms with E-state index < -0.39 is 23.1 Å². The Bertz CT molecular complexity index is 408. The standard InChI is InChI=1S/C14H23NO4/c1-6-14(11(16)17)8-10(7-9(14)2)15-12(18)19-13(3,4)5/h7,10H,6,8H2,1-5H3,(H,15,18)(H,16,17)/t10-,14-/m1/s1. The van der Waals surface area contributed by atoms with E-state index in [0.29, 0.717) is 12.8 Å². The van der Waals surface area contributed by atoms with Crippen LogP contribution >= 0.6 is 0 Å². The highest BCUT2D eigenvalue weighted by Crippen LogP contribution is 2.42. The topological polar surface area (TPSA) is 75.6 Å². The van der Waals surface area contributed by atoms with E-state index in [0.717, 1.165) is 5.57 Å². The summed E-state index contributed by atoms with van der Waals surface area (Å²) in [6.07, 6.45) is 2.18. The summed E-state index contributed by atoms with van der Waals surface area (Å²) in [5.74, 6) is -0.836. The number of ether oxygens (including phenoxy) is 1. The van der Waals surface area contributed by atoms with Gasteiger partial charge >= 0.3 is 12.1 Å². The summed E-state index contributed by atoms with van der Waals surface area (Å²) < 4.78 is 5.17. The monoisotopic (exact) mass is 269 g/mol. The number of carboxylic acids is 1. The van der Waals surface area contributed by atoms with Crippen molar-refractivity contribution in [3.05, 3.63) is 11.6 Å². The highest BCUT2D eigenvalue weighted by molar-refractivity contribution is 5.80. The van der Waals surface area contributed by atoms with Crippen molar-refractivity contribution in [3.8, 4) is 0 Å². The van der Waals surface area contributed by atoms with Crippen molar-refractivity contribution >= 4 is 12.1 Å². The largest absolute Gasteiger partial charge is 0.481 e. The van der Waals surface area contributed by atoms with Gasteiger partial charge in [0.1, 0.15) is 5.60 Å². The summed E-state index contributed by atoms with van der Waals surface area (Å²) in [7, 11) is 0. The highest BCUT2D eigenvalue weighted by Gasteiger charge is 2.45. The van der Waals surface area contributed by atoms with Crippen molar-refractivity contribution in [2.45, 2.75) is 59.1 Å². The Hall–Kier alpha value is -1.52. The van der Waals surface area contributed by atoms with Crippen LogP contribution in [0.25, 0.3) is 0 Å². The van der Waals surface area contributed by atoms with Crippen LogP contribution in [0.4, 0.5) is 4.79 Å². The van der Waals surface area contributed by atoms with Crippen LogP contribution in [0, 0.1) is 5.41 Å². The van der Waals surface area contributed by atoms with E-state index in [1.54, 1.807) is 27.7 Å². The van der Waals surface area contributed by atoms with Gasteiger partial charge in [0.15, 0.2) is 0 Å². The number of hydrogen-bond acceptors (Lipinski definition) is 3. The van der Waals surface area contributed by atoms with Crippen LogP contribution in [0.15, 0.2) is 11.6 Å². The first-order valence-electron chi connectivity index (χ1n) is 6.52. The summed E-state index contributed by atoms with van der Waals surface area (Å²) >= 11 is 0. The molecule has 0 radical (unpaired) electrons. The molecule has 0 heterocycles. The van der Waals surface area contributed by atoms with E-state index in [1.807, 2.05) is 13.0 Å². The van der Waals surface area contributed by atoms with Gasteiger partial charge in [-0.3, -0.25) is 4.79 Å². The molecule has 0 aromatic carbocycles. The first-order valence-corrected chi connectivity index (χ1v) is 6.52. The van der Waals surface area contributed by atoms with Crippen molar-refractivity contribution in [3.63, 3.8) is 0 Å². The molecule has 0 fully saturated rings. The van der Waals surface area contributed by atoms with Crippen LogP contribution in [0.3, 0.4) is 0 Å². The molecule has 5 nitrogen and oxygen atoms in total. The minimum Gasteiger partial charge on any atom is -0.481 e. The maximum absolute atomic E-state index is 11.7. The zero-order chi connectivity index (χ0) is 14.8. The quantitative estimate of drug-likeness (QED) is 0.772. The number of nitrogens with one attached hydrogen (secondary N) is 1. The molecule has 0 unspecified atom stereocenters. The Morgan fingerprint density at radius 2 is 2.11 bits per heavy atom. The lowest BCUT2D eigenvalue weighted by atomic mass is 9.79. The van der Waals surface area contributed by atoms with E-state index in [2.05, 4.69) is 5.32 Å². The minimum atomic E-state index is -0.861. The third kappa shape index (κ3) is 3.49. The summed E-state index contributed by atoms with van der Waals surface area (Å²) in [4.78, 5) is 23.1. The van der Waals surface area contributed by atoms with E-state index >= 15 is 0 Å². The number of hydrogen-bond donors (Lipinski definition) is 2. The molecule has 1 aliphatic carbocycles. The fraction of sp³-hybridized carbons (Fsp3) is 0.714. The Balaban J connectivity index is 2.71. The maximum atomic E-state index is 11.7. The molecule has 0 aromatic rings. The molecular weight excluding hydrogens is 246 g/mol. The van der Waals surface area contributed by atoms with Crippen molar-refractivity contribution in [1.29, 1.82) is 0 Å². The molecule has 2 atom stereocenters. The predicted molar refractivity (Wildman–Crippen MR) is 71.9 cm³/mol. The molecule has 2 N–H and O–H groups in total. The van der Waals surface area contributed by atoms with Crippen molar-refractivity contribution < 1.29 is 19.4 Å². The molecule has 0 saturated carbocycles. The number of rotatable bonds is 3. The Labute approximate surface area is 114 Å². The lowest BCUT2D eigenvalue weighted by Crippen LogP contribution is -2.40. The zero-order valence-electron chi connectivity index (χ0n) is 12.2. The van der Waals surface area contributed by atoms with Crippen LogP contribution in [0.2, 0.25) is 0 Å². The third-order valence-electron chi connectivity index (χ3n) is 3.49. The average molecular weight is 269 g/mol. The third-order valence-corrected chi connectivity index (χ3v) is 3.49. The maximum Gasteiger partial charge on any atom is 0.408 e. The zero-order valence-corrected chi connectivity index (χ0v) is 12.2. The minimum absolute atomic E-state index is 0.286. The van der Waals surface area contributed by atoms with Gasteiger partial charge in [-0.2, -0.15) is 0 Å². The van der Waals surface area contributed by atoms with E-state index in [-0.39, 0.29) is 6.04 Å². The second-order valence-corrected chi connectivity index (χ2v) is 6.05. The van der Waals surface area contributed by atoms with E-state index in [4.69, 9.17) is 4.74 Å². The molecule has 0 saturated heterocycles. The molecule has 1 aliphatic rings. The molecule has 19 heavy (non-hydrogen) atoms. The lowest BCUT2D eigenvalue weighted by Gasteiger charge is -2.26. The van der Waals surface area contributed by atoms with Crippen LogP contribution < -0.4 is 5.32 Å². The van der Waals surface area contributed by atoms with Crippen LogP contribution in [-0.2, 0) is 9.53 Å². The second kappa shape index (κ2) is 5.23. The molecule has 0 spiro atoms. The van der Waals surface area contributed by atoms with Gasteiger partial charge in [0.05, 0.1) is 11.5 Å². The van der Waals surface area contributed by atoms with Crippen molar-refractivity contribution in [1.82, 2.24) is 5.32 Å². The predicted octanol–water partition coefficient (Wildman–Crippen LogP) is 2.71. The SMILES string of the molecule is CC[C@@]1(C(=O)O)C[C@H](NC(=O)OC(C)(C)C)C=C1C. The number of aliphatic carboxylic acids is 1. The van der Waals surface area contributed by atoms with Gasteiger partial charge in [-0.1, -0.05) is 18.6 Å². The Morgan fingerprint density at radius 3 is 2.47 bits per heavy atom. The van der Waals surface area contributed by atoms with Gasteiger partial charge < -0.3 is 15.2 Å². The molecule has 1 rings (SSSR count). The molecule has 0 bridgehead atoms. The highest BCUT2D eigenvalue weighted by atomic mass is 16.6. The summed E-state index contributed by atoms with van der Waals surface area (Å²) in [5, 5.41) is 12.1. The summed E-state index contributed by atoms with van der Waals surface area (Å²) in [6.45, 7) is 9.01. The van der Waals surface area contributed by atoms with Gasteiger partial charge in [0.25, 0.3) is 0 Å². The number of amides is 1. The van der Waals surface area contributed by atoms with Crippen molar-refractivity contribution in [2.75, 3.05) is 0 Å². The molecule has 1 amide bonds. The molecular formula is C14H23NO4. The number of carbonyl (C=O) groups is 2. The molecule has 0 aromatic heterocycles. The lowest BCUT2D eigenvalue weighted by molar-refractivity contribution is -0.146. The van der Waals surface area contributed by atoms with Gasteiger partial charge in [0.2, 0.25) is 0 Å². The smallest absolute Gasteiger partial charge is 0.408 e. The molecule has 5 heteroatoms. The van der Waals surface area contributed by atoms with Crippen LogP contribution in [-0.4, -0.2) is 28.8 Å². The Morgan fingerprint density at radius 1 is 1.53 bits per heavy atom. The van der Waals surface area contributed by atoms with E-state index in [1.165, 1.54) is 0 Å². The normalized spacial score (nSPS) is 26.8. The number of carbonyl (C=O) groups excluding carboxylic acids is 1. The van der Waals surface area contributed by atoms with Crippen LogP contribution in [0.1, 0.15) is 47.5 Å². The first kappa shape index (κ1) is 15.5. The van der Waals surface area contributed by atoms with Gasteiger partial charge in [-0.15, -0.1) is 0 Å². The van der Waals surface area contributed by atoms with Crippen LogP contribution in [0.5, 0.6) is 0 Å². The summed E-state index contributed by atoms with van der Waals surface area (Å²) in [6, 6.07) is -0.286. The molecule has 0 aliphatic heterocycles. The van der Waals surface area contributed by atoms with Crippen molar-refractivity contribution in [2.24, 2.45) is 5.41 Å². The van der Waals surface area contributed by atoms with Gasteiger partial charge in [-0.05, 0) is 40.5 Å². The fourth-order valence-electron chi connectivity index (χ4n) is 2.44. The molecule has 108 valence electrons. The fourth-order valence-corrected chi connectivity index (χ4v) is 2.44. The Kier molecular flexibility index (Phi) is 4.28. The van der Waals surface area contributed by atoms with Gasteiger partial charge in [-0.25, -0.2) is 4.79 Å². The second-order valence-electron chi connectivity index (χ2n) is 6.05.